The van der Waals surface area contributed by atoms with E-state index in [1.807, 2.05) is 37.3 Å². The highest BCUT2D eigenvalue weighted by molar-refractivity contribution is 7.15. The second-order valence-electron chi connectivity index (χ2n) is 6.43. The summed E-state index contributed by atoms with van der Waals surface area (Å²) in [5, 5.41) is 16.0. The van der Waals surface area contributed by atoms with E-state index in [9.17, 15) is 9.59 Å². The van der Waals surface area contributed by atoms with E-state index < -0.39 is 5.92 Å². The summed E-state index contributed by atoms with van der Waals surface area (Å²) in [6, 6.07) is 9.53. The van der Waals surface area contributed by atoms with Crippen LogP contribution in [-0.4, -0.2) is 45.2 Å². The molecule has 4 rings (SSSR count). The van der Waals surface area contributed by atoms with Crippen molar-refractivity contribution in [2.75, 3.05) is 18.0 Å². The van der Waals surface area contributed by atoms with Gasteiger partial charge >= 0.3 is 0 Å². The van der Waals surface area contributed by atoms with Crippen LogP contribution < -0.4 is 10.2 Å². The third-order valence-electron chi connectivity index (χ3n) is 4.38. The summed E-state index contributed by atoms with van der Waals surface area (Å²) in [4.78, 5) is 30.4. The lowest BCUT2D eigenvalue weighted by atomic mass is 10.1. The van der Waals surface area contributed by atoms with Crippen molar-refractivity contribution in [2.24, 2.45) is 5.92 Å². The molecule has 0 spiro atoms. The maximum Gasteiger partial charge on any atom is 0.229 e. The number of benzene rings is 1. The zero-order valence-electron chi connectivity index (χ0n) is 15.2. The Hall–Kier alpha value is -3.14. The van der Waals surface area contributed by atoms with Gasteiger partial charge in [-0.15, -0.1) is 10.2 Å². The summed E-state index contributed by atoms with van der Waals surface area (Å²) in [7, 11) is 0. The Kier molecular flexibility index (Phi) is 5.11. The van der Waals surface area contributed by atoms with Gasteiger partial charge in [0.25, 0.3) is 0 Å². The number of aromatic nitrogens is 4. The third kappa shape index (κ3) is 3.91. The molecule has 1 aromatic carbocycles. The van der Waals surface area contributed by atoms with Crippen LogP contribution in [0.25, 0.3) is 11.4 Å². The first-order valence-electron chi connectivity index (χ1n) is 8.86. The molecule has 1 aliphatic heterocycles. The Morgan fingerprint density at radius 3 is 2.89 bits per heavy atom. The Labute approximate surface area is 164 Å². The average Bonchev–Trinajstić information content (AvgIpc) is 3.42. The van der Waals surface area contributed by atoms with Crippen molar-refractivity contribution in [1.29, 1.82) is 0 Å². The Morgan fingerprint density at radius 1 is 1.32 bits per heavy atom. The van der Waals surface area contributed by atoms with E-state index in [0.29, 0.717) is 36.4 Å². The molecular weight excluding hydrogens is 380 g/mol. The van der Waals surface area contributed by atoms with Crippen LogP contribution in [0.2, 0.25) is 0 Å². The standard InChI is InChI=1S/C18H18N6O3S/c1-11-21-22-18(28-11)24-10-13(9-15(24)25)17(26)19-8-7-14-20-16(23-27-14)12-5-3-2-4-6-12/h2-6,13H,7-10H2,1H3,(H,19,26). The minimum atomic E-state index is -0.403. The van der Waals surface area contributed by atoms with Gasteiger partial charge in [0.05, 0.1) is 5.92 Å². The Morgan fingerprint density at radius 2 is 2.14 bits per heavy atom. The van der Waals surface area contributed by atoms with Crippen LogP contribution in [0.4, 0.5) is 5.13 Å². The number of nitrogens with one attached hydrogen (secondary N) is 1. The summed E-state index contributed by atoms with van der Waals surface area (Å²) >= 11 is 1.34. The first kappa shape index (κ1) is 18.2. The van der Waals surface area contributed by atoms with Crippen molar-refractivity contribution in [3.63, 3.8) is 0 Å². The summed E-state index contributed by atoms with van der Waals surface area (Å²) in [5.41, 5.74) is 0.873. The SMILES string of the molecule is Cc1nnc(N2CC(C(=O)NCCc3nc(-c4ccccc4)no3)CC2=O)s1. The quantitative estimate of drug-likeness (QED) is 0.671. The van der Waals surface area contributed by atoms with Crippen LogP contribution in [-0.2, 0) is 16.0 Å². The molecule has 28 heavy (non-hydrogen) atoms. The van der Waals surface area contributed by atoms with Gasteiger partial charge in [-0.05, 0) is 6.92 Å². The van der Waals surface area contributed by atoms with E-state index in [1.165, 1.54) is 16.2 Å². The van der Waals surface area contributed by atoms with Crippen molar-refractivity contribution in [2.45, 2.75) is 19.8 Å². The van der Waals surface area contributed by atoms with E-state index in [0.717, 1.165) is 10.6 Å². The summed E-state index contributed by atoms with van der Waals surface area (Å²) in [5.74, 6) is 0.291. The van der Waals surface area contributed by atoms with Crippen LogP contribution in [0.5, 0.6) is 0 Å². The molecule has 0 saturated carbocycles. The van der Waals surface area contributed by atoms with E-state index in [2.05, 4.69) is 25.7 Å². The molecule has 1 N–H and O–H groups in total. The molecule has 9 nitrogen and oxygen atoms in total. The van der Waals surface area contributed by atoms with Crippen molar-refractivity contribution in [3.05, 3.63) is 41.2 Å². The van der Waals surface area contributed by atoms with Gasteiger partial charge in [0, 0.05) is 31.5 Å². The minimum absolute atomic E-state index is 0.110. The second-order valence-corrected chi connectivity index (χ2v) is 7.59. The van der Waals surface area contributed by atoms with Crippen LogP contribution in [0.1, 0.15) is 17.3 Å². The molecular formula is C18H18N6O3S. The van der Waals surface area contributed by atoms with Crippen molar-refractivity contribution in [3.8, 4) is 11.4 Å². The number of carbonyl (C=O) groups excluding carboxylic acids is 2. The van der Waals surface area contributed by atoms with Crippen molar-refractivity contribution >= 4 is 28.3 Å². The normalized spacial score (nSPS) is 16.5. The molecule has 0 aliphatic carbocycles. The molecule has 2 amide bonds. The Balaban J connectivity index is 1.28. The van der Waals surface area contributed by atoms with Crippen molar-refractivity contribution in [1.82, 2.24) is 25.7 Å². The lowest BCUT2D eigenvalue weighted by molar-refractivity contribution is -0.126. The molecule has 1 aliphatic rings. The zero-order valence-corrected chi connectivity index (χ0v) is 16.0. The average molecular weight is 398 g/mol. The fraction of sp³-hybridized carbons (Fsp3) is 0.333. The molecule has 2 aromatic heterocycles. The number of nitrogens with zero attached hydrogens (tertiary/aromatic N) is 5. The Bertz CT molecular complexity index is 986. The van der Waals surface area contributed by atoms with Crippen LogP contribution in [0.3, 0.4) is 0 Å². The van der Waals surface area contributed by atoms with Gasteiger partial charge in [-0.1, -0.05) is 46.8 Å². The fourth-order valence-electron chi connectivity index (χ4n) is 2.96. The van der Waals surface area contributed by atoms with Crippen LogP contribution in [0, 0.1) is 12.8 Å². The lowest BCUT2D eigenvalue weighted by Gasteiger charge is -2.12. The number of carbonyl (C=O) groups is 2. The van der Waals surface area contributed by atoms with Gasteiger partial charge in [0.1, 0.15) is 5.01 Å². The lowest BCUT2D eigenvalue weighted by Crippen LogP contribution is -2.34. The molecule has 3 heterocycles. The smallest absolute Gasteiger partial charge is 0.229 e. The van der Waals surface area contributed by atoms with E-state index in [-0.39, 0.29) is 18.2 Å². The largest absolute Gasteiger partial charge is 0.355 e. The number of anilines is 1. The third-order valence-corrected chi connectivity index (χ3v) is 5.24. The van der Waals surface area contributed by atoms with Gasteiger partial charge in [-0.3, -0.25) is 14.5 Å². The van der Waals surface area contributed by atoms with E-state index in [1.54, 1.807) is 0 Å². The molecule has 0 bridgehead atoms. The van der Waals surface area contributed by atoms with Crippen LogP contribution in [0.15, 0.2) is 34.9 Å². The van der Waals surface area contributed by atoms with Gasteiger partial charge in [0.2, 0.25) is 28.7 Å². The second kappa shape index (κ2) is 7.85. The van der Waals surface area contributed by atoms with Gasteiger partial charge in [-0.25, -0.2) is 0 Å². The number of rotatable bonds is 6. The molecule has 1 atom stereocenters. The molecule has 3 aromatic rings. The maximum absolute atomic E-state index is 12.4. The maximum atomic E-state index is 12.4. The number of hydrogen-bond acceptors (Lipinski definition) is 8. The summed E-state index contributed by atoms with van der Waals surface area (Å²) < 4.78 is 5.23. The molecule has 144 valence electrons. The fourth-order valence-corrected chi connectivity index (χ4v) is 3.68. The number of hydrogen-bond donors (Lipinski definition) is 1. The number of aryl methyl sites for hydroxylation is 1. The predicted molar refractivity (Wildman–Crippen MR) is 102 cm³/mol. The topological polar surface area (TPSA) is 114 Å². The van der Waals surface area contributed by atoms with E-state index >= 15 is 0 Å². The monoisotopic (exact) mass is 398 g/mol. The highest BCUT2D eigenvalue weighted by atomic mass is 32.1. The first-order chi connectivity index (χ1) is 13.6. The van der Waals surface area contributed by atoms with Gasteiger partial charge in [0.15, 0.2) is 0 Å². The van der Waals surface area contributed by atoms with E-state index in [4.69, 9.17) is 4.52 Å². The van der Waals surface area contributed by atoms with Crippen LogP contribution >= 0.6 is 11.3 Å². The van der Waals surface area contributed by atoms with Gasteiger partial charge in [-0.2, -0.15) is 4.98 Å². The van der Waals surface area contributed by atoms with Crippen molar-refractivity contribution < 1.29 is 14.1 Å². The summed E-state index contributed by atoms with van der Waals surface area (Å²) in [6.45, 7) is 2.50. The molecule has 1 fully saturated rings. The first-order valence-corrected chi connectivity index (χ1v) is 9.68. The highest BCUT2D eigenvalue weighted by Gasteiger charge is 2.36. The summed E-state index contributed by atoms with van der Waals surface area (Å²) in [6.07, 6.45) is 0.592. The molecule has 1 unspecified atom stereocenters. The number of amides is 2. The molecule has 0 radical (unpaired) electrons. The zero-order chi connectivity index (χ0) is 19.5. The molecule has 1 saturated heterocycles. The predicted octanol–water partition coefficient (Wildman–Crippen LogP) is 1.61. The minimum Gasteiger partial charge on any atom is -0.355 e. The van der Waals surface area contributed by atoms with Gasteiger partial charge < -0.3 is 9.84 Å². The molecule has 10 heteroatoms. The highest BCUT2D eigenvalue weighted by Crippen LogP contribution is 2.27.